The second-order valence-corrected chi connectivity index (χ2v) is 3.85. The minimum absolute atomic E-state index is 0.0224. The molecule has 0 aromatic heterocycles. The molecule has 0 heterocycles. The van der Waals surface area contributed by atoms with Gasteiger partial charge in [-0.2, -0.15) is 0 Å². The number of carbonyl (C=O) groups excluding carboxylic acids is 1. The van der Waals surface area contributed by atoms with Gasteiger partial charge in [-0.3, -0.25) is 0 Å². The number of hydrogen-bond donors (Lipinski definition) is 0. The van der Waals surface area contributed by atoms with Crippen molar-refractivity contribution in [2.24, 2.45) is 0 Å². The molecule has 0 aliphatic carbocycles. The Hall–Kier alpha value is -1.09. The fourth-order valence-corrected chi connectivity index (χ4v) is 1.53. The third kappa shape index (κ3) is 2.29. The van der Waals surface area contributed by atoms with Gasteiger partial charge in [0.25, 0.3) is 0 Å². The normalized spacial score (nSPS) is 10.5. The number of carbonyl (C=O) groups is 1. The van der Waals surface area contributed by atoms with Gasteiger partial charge in [-0.25, -0.2) is 9.18 Å². The Bertz CT molecular complexity index is 388. The molecule has 0 saturated heterocycles. The Morgan fingerprint density at radius 1 is 1.47 bits per heavy atom. The molecule has 1 aromatic carbocycles. The summed E-state index contributed by atoms with van der Waals surface area (Å²) in [5.41, 5.74) is 0.550. The first kappa shape index (κ1) is 12.0. The van der Waals surface area contributed by atoms with Crippen molar-refractivity contribution >= 4 is 17.6 Å². The number of halogens is 2. The minimum atomic E-state index is -0.630. The van der Waals surface area contributed by atoms with Crippen LogP contribution in [-0.4, -0.2) is 13.1 Å². The summed E-state index contributed by atoms with van der Waals surface area (Å²) >= 11 is 5.74. The summed E-state index contributed by atoms with van der Waals surface area (Å²) < 4.78 is 18.2. The average molecular weight is 231 g/mol. The molecule has 82 valence electrons. The van der Waals surface area contributed by atoms with Crippen molar-refractivity contribution in [2.45, 2.75) is 19.8 Å². The van der Waals surface area contributed by atoms with E-state index in [1.165, 1.54) is 13.2 Å². The smallest absolute Gasteiger partial charge is 0.339 e. The average Bonchev–Trinajstić information content (AvgIpc) is 2.20. The fraction of sp³-hybridized carbons (Fsp3) is 0.364. The molecule has 0 bridgehead atoms. The maximum atomic E-state index is 13.7. The Morgan fingerprint density at radius 3 is 2.53 bits per heavy atom. The molecule has 0 fully saturated rings. The Morgan fingerprint density at radius 2 is 2.07 bits per heavy atom. The molecular weight excluding hydrogens is 219 g/mol. The first-order valence-corrected chi connectivity index (χ1v) is 4.93. The van der Waals surface area contributed by atoms with Gasteiger partial charge in [0.1, 0.15) is 5.82 Å². The van der Waals surface area contributed by atoms with E-state index in [0.29, 0.717) is 5.56 Å². The zero-order chi connectivity index (χ0) is 11.6. The molecule has 0 saturated carbocycles. The maximum Gasteiger partial charge on any atom is 0.339 e. The predicted octanol–water partition coefficient (Wildman–Crippen LogP) is 3.39. The Balaban J connectivity index is 3.27. The number of methoxy groups -OCH3 is 1. The van der Waals surface area contributed by atoms with Crippen molar-refractivity contribution < 1.29 is 13.9 Å². The van der Waals surface area contributed by atoms with Gasteiger partial charge >= 0.3 is 5.97 Å². The lowest BCUT2D eigenvalue weighted by atomic mass is 10.0. The highest BCUT2D eigenvalue weighted by atomic mass is 35.5. The van der Waals surface area contributed by atoms with E-state index in [0.717, 1.165) is 0 Å². The van der Waals surface area contributed by atoms with E-state index >= 15 is 0 Å². The molecule has 0 atom stereocenters. The lowest BCUT2D eigenvalue weighted by Crippen LogP contribution is -2.05. The molecule has 0 amide bonds. The van der Waals surface area contributed by atoms with Crippen molar-refractivity contribution in [3.63, 3.8) is 0 Å². The number of hydrogen-bond acceptors (Lipinski definition) is 2. The molecule has 1 rings (SSSR count). The zero-order valence-electron chi connectivity index (χ0n) is 8.80. The van der Waals surface area contributed by atoms with Crippen LogP contribution >= 0.6 is 11.6 Å². The van der Waals surface area contributed by atoms with E-state index < -0.39 is 11.8 Å². The maximum absolute atomic E-state index is 13.7. The summed E-state index contributed by atoms with van der Waals surface area (Å²) in [5.74, 6) is -1.15. The quantitative estimate of drug-likeness (QED) is 0.728. The third-order valence-electron chi connectivity index (χ3n) is 2.14. The predicted molar refractivity (Wildman–Crippen MR) is 56.8 cm³/mol. The highest BCUT2D eigenvalue weighted by molar-refractivity contribution is 6.33. The first-order valence-electron chi connectivity index (χ1n) is 4.55. The van der Waals surface area contributed by atoms with Gasteiger partial charge in [0.15, 0.2) is 0 Å². The van der Waals surface area contributed by atoms with E-state index in [1.807, 2.05) is 13.8 Å². The molecule has 0 spiro atoms. The summed E-state index contributed by atoms with van der Waals surface area (Å²) in [4.78, 5) is 11.2. The number of rotatable bonds is 2. The lowest BCUT2D eigenvalue weighted by Gasteiger charge is -2.10. The summed E-state index contributed by atoms with van der Waals surface area (Å²) in [5, 5.41) is -0.173. The van der Waals surface area contributed by atoms with Crippen LogP contribution in [0.4, 0.5) is 4.39 Å². The SMILES string of the molecule is COC(=O)c1ccc(C(C)C)c(F)c1Cl. The van der Waals surface area contributed by atoms with Crippen LogP contribution < -0.4 is 0 Å². The Kier molecular flexibility index (Phi) is 3.69. The third-order valence-corrected chi connectivity index (χ3v) is 2.51. The second kappa shape index (κ2) is 4.62. The van der Waals surface area contributed by atoms with E-state index in [4.69, 9.17) is 11.6 Å². The minimum Gasteiger partial charge on any atom is -0.465 e. The number of esters is 1. The first-order chi connectivity index (χ1) is 6.99. The standard InChI is InChI=1S/C11H12ClFO2/c1-6(2)7-4-5-8(11(14)15-3)9(12)10(7)13/h4-6H,1-3H3. The second-order valence-electron chi connectivity index (χ2n) is 3.48. The summed E-state index contributed by atoms with van der Waals surface area (Å²) in [7, 11) is 1.23. The molecule has 15 heavy (non-hydrogen) atoms. The molecule has 0 N–H and O–H groups in total. The van der Waals surface area contributed by atoms with Crippen LogP contribution in [-0.2, 0) is 4.74 Å². The van der Waals surface area contributed by atoms with Gasteiger partial charge in [0.05, 0.1) is 17.7 Å². The van der Waals surface area contributed by atoms with Gasteiger partial charge in [-0.1, -0.05) is 31.5 Å². The van der Waals surface area contributed by atoms with E-state index in [2.05, 4.69) is 4.74 Å². The molecule has 0 aliphatic rings. The molecule has 0 aliphatic heterocycles. The Labute approximate surface area is 93.0 Å². The molecule has 4 heteroatoms. The largest absolute Gasteiger partial charge is 0.465 e. The van der Waals surface area contributed by atoms with Gasteiger partial charge < -0.3 is 4.74 Å². The van der Waals surface area contributed by atoms with Crippen LogP contribution in [0.3, 0.4) is 0 Å². The molecule has 2 nitrogen and oxygen atoms in total. The van der Waals surface area contributed by atoms with Crippen molar-refractivity contribution in [1.29, 1.82) is 0 Å². The number of benzene rings is 1. The molecule has 1 aromatic rings. The van der Waals surface area contributed by atoms with Crippen LogP contribution in [0.5, 0.6) is 0 Å². The summed E-state index contributed by atoms with van der Waals surface area (Å²) in [6.07, 6.45) is 0. The molecule has 0 unspecified atom stereocenters. The lowest BCUT2D eigenvalue weighted by molar-refractivity contribution is 0.0600. The number of ether oxygens (including phenoxy) is 1. The van der Waals surface area contributed by atoms with Gasteiger partial charge in [0, 0.05) is 0 Å². The summed E-state index contributed by atoms with van der Waals surface area (Å²) in [6.45, 7) is 3.71. The fourth-order valence-electron chi connectivity index (χ4n) is 1.28. The van der Waals surface area contributed by atoms with Crippen molar-refractivity contribution in [2.75, 3.05) is 7.11 Å². The van der Waals surface area contributed by atoms with E-state index in [-0.39, 0.29) is 16.5 Å². The highest BCUT2D eigenvalue weighted by Crippen LogP contribution is 2.28. The van der Waals surface area contributed by atoms with Crippen LogP contribution in [0, 0.1) is 5.82 Å². The van der Waals surface area contributed by atoms with Crippen LogP contribution in [0.2, 0.25) is 5.02 Å². The molecule has 0 radical (unpaired) electrons. The van der Waals surface area contributed by atoms with Gasteiger partial charge in [-0.05, 0) is 17.5 Å². The van der Waals surface area contributed by atoms with Gasteiger partial charge in [-0.15, -0.1) is 0 Å². The van der Waals surface area contributed by atoms with E-state index in [1.54, 1.807) is 6.07 Å². The van der Waals surface area contributed by atoms with Crippen LogP contribution in [0.1, 0.15) is 35.7 Å². The van der Waals surface area contributed by atoms with Crippen molar-refractivity contribution in [3.05, 3.63) is 34.1 Å². The van der Waals surface area contributed by atoms with E-state index in [9.17, 15) is 9.18 Å². The van der Waals surface area contributed by atoms with Crippen LogP contribution in [0.15, 0.2) is 12.1 Å². The van der Waals surface area contributed by atoms with Crippen molar-refractivity contribution in [1.82, 2.24) is 0 Å². The monoisotopic (exact) mass is 230 g/mol. The highest BCUT2D eigenvalue weighted by Gasteiger charge is 2.18. The topological polar surface area (TPSA) is 26.3 Å². The van der Waals surface area contributed by atoms with Crippen molar-refractivity contribution in [3.8, 4) is 0 Å². The van der Waals surface area contributed by atoms with Crippen LogP contribution in [0.25, 0.3) is 0 Å². The summed E-state index contributed by atoms with van der Waals surface area (Å²) in [6, 6.07) is 3.03. The van der Waals surface area contributed by atoms with Gasteiger partial charge in [0.2, 0.25) is 0 Å². The molecular formula is C11H12ClFO2. The zero-order valence-corrected chi connectivity index (χ0v) is 9.56.